The van der Waals surface area contributed by atoms with Crippen LogP contribution < -0.4 is 0 Å². The molecule has 1 aromatic carbocycles. The number of hydrogen-bond donors (Lipinski definition) is 1. The molecule has 0 aliphatic heterocycles. The molecule has 3 heteroatoms. The number of hydrogen-bond acceptors (Lipinski definition) is 1. The van der Waals surface area contributed by atoms with Crippen LogP contribution in [0, 0.1) is 0 Å². The minimum absolute atomic E-state index is 0. The second-order valence-corrected chi connectivity index (χ2v) is 3.47. The number of carboxylic acid groups (broad SMARTS) is 1. The van der Waals surface area contributed by atoms with E-state index in [0.717, 1.165) is 5.56 Å². The molecular weight excluding hydrogens is 200 g/mol. The Morgan fingerprint density at radius 3 is 2.14 bits per heavy atom. The lowest BCUT2D eigenvalue weighted by molar-refractivity contribution is -0.136. The monoisotopic (exact) mass is 214 g/mol. The molecule has 0 aliphatic rings. The van der Waals surface area contributed by atoms with Gasteiger partial charge < -0.3 is 5.11 Å². The molecule has 1 N–H and O–H groups in total. The first-order valence-corrected chi connectivity index (χ1v) is 4.40. The fourth-order valence-corrected chi connectivity index (χ4v) is 1.20. The van der Waals surface area contributed by atoms with E-state index < -0.39 is 5.97 Å². The van der Waals surface area contributed by atoms with Crippen LogP contribution in [0.3, 0.4) is 0 Å². The number of carbonyl (C=O) groups is 1. The number of carboxylic acids is 1. The molecule has 78 valence electrons. The molecule has 0 heterocycles. The summed E-state index contributed by atoms with van der Waals surface area (Å²) in [5.74, 6) is -0.281. The Bertz CT molecular complexity index is 291. The van der Waals surface area contributed by atoms with Crippen molar-refractivity contribution in [2.75, 3.05) is 0 Å². The van der Waals surface area contributed by atoms with Crippen LogP contribution in [0.4, 0.5) is 0 Å². The fourth-order valence-electron chi connectivity index (χ4n) is 1.20. The maximum absolute atomic E-state index is 10.4. The smallest absolute Gasteiger partial charge is 0.307 e. The predicted octanol–water partition coefficient (Wildman–Crippen LogP) is 2.86. The molecule has 0 aromatic heterocycles. The summed E-state index contributed by atoms with van der Waals surface area (Å²) in [6.45, 7) is 4.23. The van der Waals surface area contributed by atoms with Crippen LogP contribution in [0.2, 0.25) is 0 Å². The molecule has 0 atom stereocenters. The van der Waals surface area contributed by atoms with E-state index in [2.05, 4.69) is 13.8 Å². The number of benzene rings is 1. The zero-order chi connectivity index (χ0) is 9.84. The second-order valence-electron chi connectivity index (χ2n) is 3.47. The zero-order valence-corrected chi connectivity index (χ0v) is 9.17. The summed E-state index contributed by atoms with van der Waals surface area (Å²) >= 11 is 0. The van der Waals surface area contributed by atoms with Gasteiger partial charge >= 0.3 is 5.97 Å². The van der Waals surface area contributed by atoms with Gasteiger partial charge in [0.2, 0.25) is 0 Å². The van der Waals surface area contributed by atoms with Crippen LogP contribution in [0.25, 0.3) is 0 Å². The molecule has 0 bridgehead atoms. The van der Waals surface area contributed by atoms with Gasteiger partial charge in [-0.1, -0.05) is 38.1 Å². The van der Waals surface area contributed by atoms with Gasteiger partial charge in [0.1, 0.15) is 0 Å². The highest BCUT2D eigenvalue weighted by molar-refractivity contribution is 5.85. The summed E-state index contributed by atoms with van der Waals surface area (Å²) in [5, 5.41) is 8.55. The van der Waals surface area contributed by atoms with Gasteiger partial charge in [-0.25, -0.2) is 0 Å². The third kappa shape index (κ3) is 3.79. The lowest BCUT2D eigenvalue weighted by atomic mass is 10.0. The van der Waals surface area contributed by atoms with Gasteiger partial charge in [-0.15, -0.1) is 12.4 Å². The van der Waals surface area contributed by atoms with Crippen molar-refractivity contribution in [3.05, 3.63) is 35.4 Å². The summed E-state index contributed by atoms with van der Waals surface area (Å²) < 4.78 is 0. The molecule has 0 spiro atoms. The molecule has 14 heavy (non-hydrogen) atoms. The number of aliphatic carboxylic acids is 1. The Hall–Kier alpha value is -1.02. The highest BCUT2D eigenvalue weighted by atomic mass is 35.5. The van der Waals surface area contributed by atoms with E-state index in [9.17, 15) is 4.79 Å². The number of halogens is 1. The minimum Gasteiger partial charge on any atom is -0.481 e. The highest BCUT2D eigenvalue weighted by Crippen LogP contribution is 2.14. The van der Waals surface area contributed by atoms with Gasteiger partial charge in [-0.3, -0.25) is 4.79 Å². The Balaban J connectivity index is 0.00000169. The SMILES string of the molecule is CC(C)c1ccc(CC(=O)O)cc1.Cl. The molecule has 0 fully saturated rings. The van der Waals surface area contributed by atoms with Crippen molar-refractivity contribution in [2.24, 2.45) is 0 Å². The Morgan fingerprint density at radius 1 is 1.29 bits per heavy atom. The van der Waals surface area contributed by atoms with Crippen molar-refractivity contribution < 1.29 is 9.90 Å². The zero-order valence-electron chi connectivity index (χ0n) is 8.36. The Morgan fingerprint density at radius 2 is 1.79 bits per heavy atom. The van der Waals surface area contributed by atoms with Crippen LogP contribution in [0.1, 0.15) is 30.9 Å². The van der Waals surface area contributed by atoms with E-state index in [1.165, 1.54) is 5.56 Å². The third-order valence-electron chi connectivity index (χ3n) is 2.00. The summed E-state index contributed by atoms with van der Waals surface area (Å²) in [7, 11) is 0. The molecule has 0 radical (unpaired) electrons. The van der Waals surface area contributed by atoms with Crippen molar-refractivity contribution in [3.8, 4) is 0 Å². The van der Waals surface area contributed by atoms with Crippen LogP contribution >= 0.6 is 12.4 Å². The van der Waals surface area contributed by atoms with Crippen LogP contribution in [0.15, 0.2) is 24.3 Å². The van der Waals surface area contributed by atoms with Gasteiger partial charge in [-0.05, 0) is 17.0 Å². The van der Waals surface area contributed by atoms with E-state index in [0.29, 0.717) is 5.92 Å². The molecule has 2 nitrogen and oxygen atoms in total. The highest BCUT2D eigenvalue weighted by Gasteiger charge is 2.01. The first-order chi connectivity index (χ1) is 6.09. The maximum Gasteiger partial charge on any atom is 0.307 e. The van der Waals surface area contributed by atoms with Crippen LogP contribution in [-0.2, 0) is 11.2 Å². The molecular formula is C11H15ClO2. The summed E-state index contributed by atoms with van der Waals surface area (Å²) in [4.78, 5) is 10.4. The van der Waals surface area contributed by atoms with Crippen molar-refractivity contribution >= 4 is 18.4 Å². The van der Waals surface area contributed by atoms with Gasteiger partial charge in [0, 0.05) is 0 Å². The normalized spacial score (nSPS) is 9.64. The molecule has 1 rings (SSSR count). The first kappa shape index (κ1) is 13.0. The Kier molecular flexibility index (Phi) is 5.24. The van der Waals surface area contributed by atoms with Gasteiger partial charge in [0.25, 0.3) is 0 Å². The average Bonchev–Trinajstić information content (AvgIpc) is 2.04. The van der Waals surface area contributed by atoms with Crippen LogP contribution in [0.5, 0.6) is 0 Å². The molecule has 0 saturated carbocycles. The average molecular weight is 215 g/mol. The van der Waals surface area contributed by atoms with Crippen LogP contribution in [-0.4, -0.2) is 11.1 Å². The van der Waals surface area contributed by atoms with E-state index in [1.54, 1.807) is 0 Å². The summed E-state index contributed by atoms with van der Waals surface area (Å²) in [5.41, 5.74) is 2.10. The maximum atomic E-state index is 10.4. The minimum atomic E-state index is -0.780. The van der Waals surface area contributed by atoms with Crippen molar-refractivity contribution in [3.63, 3.8) is 0 Å². The number of rotatable bonds is 3. The molecule has 1 aromatic rings. The fraction of sp³-hybridized carbons (Fsp3) is 0.364. The summed E-state index contributed by atoms with van der Waals surface area (Å²) in [6.07, 6.45) is 0.109. The molecule has 0 amide bonds. The second kappa shape index (κ2) is 5.66. The van der Waals surface area contributed by atoms with Gasteiger partial charge in [-0.2, -0.15) is 0 Å². The molecule has 0 unspecified atom stereocenters. The van der Waals surface area contributed by atoms with E-state index >= 15 is 0 Å². The molecule has 0 aliphatic carbocycles. The first-order valence-electron chi connectivity index (χ1n) is 4.40. The standard InChI is InChI=1S/C11H14O2.ClH/c1-8(2)10-5-3-9(4-6-10)7-11(12)13;/h3-6,8H,7H2,1-2H3,(H,12,13);1H. The van der Waals surface area contributed by atoms with Crippen molar-refractivity contribution in [2.45, 2.75) is 26.2 Å². The van der Waals surface area contributed by atoms with Crippen molar-refractivity contribution in [1.29, 1.82) is 0 Å². The van der Waals surface area contributed by atoms with Crippen molar-refractivity contribution in [1.82, 2.24) is 0 Å². The lowest BCUT2D eigenvalue weighted by Gasteiger charge is -2.05. The molecule has 0 saturated heterocycles. The predicted molar refractivity (Wildman–Crippen MR) is 59.1 cm³/mol. The topological polar surface area (TPSA) is 37.3 Å². The summed E-state index contributed by atoms with van der Waals surface area (Å²) in [6, 6.07) is 7.73. The van der Waals surface area contributed by atoms with Gasteiger partial charge in [0.05, 0.1) is 6.42 Å². The third-order valence-corrected chi connectivity index (χ3v) is 2.00. The lowest BCUT2D eigenvalue weighted by Crippen LogP contribution is -2.00. The quantitative estimate of drug-likeness (QED) is 0.840. The van der Waals surface area contributed by atoms with E-state index in [1.807, 2.05) is 24.3 Å². The Labute approximate surface area is 90.4 Å². The van der Waals surface area contributed by atoms with E-state index in [-0.39, 0.29) is 18.8 Å². The van der Waals surface area contributed by atoms with Gasteiger partial charge in [0.15, 0.2) is 0 Å². The largest absolute Gasteiger partial charge is 0.481 e. The van der Waals surface area contributed by atoms with E-state index in [4.69, 9.17) is 5.11 Å².